The second-order valence-corrected chi connectivity index (χ2v) is 3.14. The summed E-state index contributed by atoms with van der Waals surface area (Å²) in [4.78, 5) is 4.33. The zero-order valence-electron chi connectivity index (χ0n) is 8.69. The second-order valence-electron chi connectivity index (χ2n) is 3.14. The summed E-state index contributed by atoms with van der Waals surface area (Å²) in [6, 6.07) is 10.0. The van der Waals surface area contributed by atoms with E-state index < -0.39 is 0 Å². The molecule has 0 bridgehead atoms. The zero-order valence-corrected chi connectivity index (χ0v) is 8.69. The monoisotopic (exact) mass is 187 g/mol. The van der Waals surface area contributed by atoms with E-state index >= 15 is 0 Å². The zero-order chi connectivity index (χ0) is 10.1. The third-order valence-corrected chi connectivity index (χ3v) is 1.86. The van der Waals surface area contributed by atoms with Crippen molar-refractivity contribution >= 4 is 11.9 Å². The highest BCUT2D eigenvalue weighted by atomic mass is 14.7. The first-order chi connectivity index (χ1) is 6.93. The molecule has 0 fully saturated rings. The number of para-hydroxylation sites is 1. The van der Waals surface area contributed by atoms with Crippen molar-refractivity contribution in [3.05, 3.63) is 42.5 Å². The molecule has 0 saturated carbocycles. The van der Waals surface area contributed by atoms with Gasteiger partial charge in [0, 0.05) is 12.6 Å². The smallest absolute Gasteiger partial charge is 0.0625 e. The lowest BCUT2D eigenvalue weighted by atomic mass is 10.3. The van der Waals surface area contributed by atoms with Crippen LogP contribution in [0.15, 0.2) is 47.5 Å². The Labute approximate surface area is 86.2 Å². The lowest BCUT2D eigenvalue weighted by molar-refractivity contribution is 0.956. The first-order valence-electron chi connectivity index (χ1n) is 5.16. The lowest BCUT2D eigenvalue weighted by Gasteiger charge is -1.89. The molecule has 74 valence electrons. The molecule has 0 heterocycles. The van der Waals surface area contributed by atoms with E-state index in [1.165, 1.54) is 12.8 Å². The van der Waals surface area contributed by atoms with Crippen molar-refractivity contribution in [1.82, 2.24) is 0 Å². The number of rotatable bonds is 5. The molecule has 0 N–H and O–H groups in total. The number of unbranched alkanes of at least 4 members (excludes halogenated alkanes) is 1. The van der Waals surface area contributed by atoms with Gasteiger partial charge in [0.15, 0.2) is 0 Å². The first kappa shape index (κ1) is 10.7. The molecule has 0 aromatic heterocycles. The molecule has 0 saturated heterocycles. The molecule has 14 heavy (non-hydrogen) atoms. The topological polar surface area (TPSA) is 12.4 Å². The van der Waals surface area contributed by atoms with Crippen LogP contribution in [0.3, 0.4) is 0 Å². The molecule has 0 aliphatic carbocycles. The fourth-order valence-corrected chi connectivity index (χ4v) is 1.11. The van der Waals surface area contributed by atoms with E-state index in [9.17, 15) is 0 Å². The van der Waals surface area contributed by atoms with Crippen molar-refractivity contribution in [3.63, 3.8) is 0 Å². The number of allylic oxidation sites excluding steroid dienone is 2. The quantitative estimate of drug-likeness (QED) is 0.485. The highest BCUT2D eigenvalue weighted by molar-refractivity contribution is 5.64. The molecular formula is C13H17N. The maximum atomic E-state index is 4.33. The molecule has 0 aliphatic heterocycles. The fraction of sp³-hybridized carbons (Fsp3) is 0.308. The first-order valence-corrected chi connectivity index (χ1v) is 5.16. The van der Waals surface area contributed by atoms with E-state index in [2.05, 4.69) is 24.1 Å². The summed E-state index contributed by atoms with van der Waals surface area (Å²) >= 11 is 0. The van der Waals surface area contributed by atoms with Gasteiger partial charge in [-0.1, -0.05) is 43.7 Å². The molecule has 0 atom stereocenters. The molecular weight excluding hydrogens is 170 g/mol. The molecule has 0 amide bonds. The lowest BCUT2D eigenvalue weighted by Crippen LogP contribution is -1.70. The van der Waals surface area contributed by atoms with Crippen LogP contribution < -0.4 is 0 Å². The number of aliphatic imine (C=N–C) groups is 1. The van der Waals surface area contributed by atoms with Gasteiger partial charge < -0.3 is 0 Å². The van der Waals surface area contributed by atoms with Crippen LogP contribution in [-0.4, -0.2) is 6.21 Å². The minimum atomic E-state index is 0.925. The largest absolute Gasteiger partial charge is 0.261 e. The molecule has 1 aromatic carbocycles. The van der Waals surface area contributed by atoms with Crippen LogP contribution in [0.2, 0.25) is 0 Å². The predicted octanol–water partition coefficient (Wildman–Crippen LogP) is 4.14. The van der Waals surface area contributed by atoms with Gasteiger partial charge in [-0.25, -0.2) is 0 Å². The highest BCUT2D eigenvalue weighted by Gasteiger charge is 1.81. The van der Waals surface area contributed by atoms with Gasteiger partial charge in [0.1, 0.15) is 0 Å². The van der Waals surface area contributed by atoms with Gasteiger partial charge in [-0.2, -0.15) is 0 Å². The fourth-order valence-electron chi connectivity index (χ4n) is 1.11. The van der Waals surface area contributed by atoms with E-state index in [-0.39, 0.29) is 0 Å². The van der Waals surface area contributed by atoms with Crippen molar-refractivity contribution in [2.24, 2.45) is 4.99 Å². The van der Waals surface area contributed by atoms with Crippen LogP contribution in [0.4, 0.5) is 5.69 Å². The Morgan fingerprint density at radius 1 is 1.14 bits per heavy atom. The standard InChI is InChI=1S/C13H17N/c1-2-3-4-5-9-12-14-13-10-7-6-8-11-13/h4-8,10-12H,2-3,9H2,1H3/b5-4+,14-12?. The average Bonchev–Trinajstić information content (AvgIpc) is 2.25. The summed E-state index contributed by atoms with van der Waals surface area (Å²) < 4.78 is 0. The Kier molecular flexibility index (Phi) is 5.41. The second kappa shape index (κ2) is 7.07. The van der Waals surface area contributed by atoms with Gasteiger partial charge >= 0.3 is 0 Å². The summed E-state index contributed by atoms with van der Waals surface area (Å²) in [5.41, 5.74) is 1.02. The molecule has 1 heteroatoms. The molecule has 0 spiro atoms. The maximum Gasteiger partial charge on any atom is 0.0625 e. The van der Waals surface area contributed by atoms with Crippen molar-refractivity contribution in [2.45, 2.75) is 26.2 Å². The Hall–Kier alpha value is -1.37. The number of benzene rings is 1. The van der Waals surface area contributed by atoms with Gasteiger partial charge in [0.05, 0.1) is 5.69 Å². The van der Waals surface area contributed by atoms with Crippen LogP contribution in [0.5, 0.6) is 0 Å². The number of hydrogen-bond acceptors (Lipinski definition) is 1. The Morgan fingerprint density at radius 2 is 1.93 bits per heavy atom. The normalized spacial score (nSPS) is 11.5. The average molecular weight is 187 g/mol. The van der Waals surface area contributed by atoms with Crippen molar-refractivity contribution in [3.8, 4) is 0 Å². The van der Waals surface area contributed by atoms with Gasteiger partial charge in [-0.15, -0.1) is 0 Å². The SMILES string of the molecule is CCC/C=C/CC=Nc1ccccc1. The van der Waals surface area contributed by atoms with Gasteiger partial charge in [0.2, 0.25) is 0 Å². The molecule has 1 nitrogen and oxygen atoms in total. The van der Waals surface area contributed by atoms with Crippen LogP contribution in [0.25, 0.3) is 0 Å². The van der Waals surface area contributed by atoms with Crippen molar-refractivity contribution in [2.75, 3.05) is 0 Å². The summed E-state index contributed by atoms with van der Waals surface area (Å²) in [5.74, 6) is 0. The van der Waals surface area contributed by atoms with Crippen LogP contribution >= 0.6 is 0 Å². The molecule has 1 aromatic rings. The van der Waals surface area contributed by atoms with Crippen molar-refractivity contribution < 1.29 is 0 Å². The third kappa shape index (κ3) is 4.61. The molecule has 0 radical (unpaired) electrons. The van der Waals surface area contributed by atoms with E-state index in [4.69, 9.17) is 0 Å². The van der Waals surface area contributed by atoms with Crippen LogP contribution in [0.1, 0.15) is 26.2 Å². The van der Waals surface area contributed by atoms with E-state index in [1.807, 2.05) is 36.5 Å². The summed E-state index contributed by atoms with van der Waals surface area (Å²) in [5, 5.41) is 0. The molecule has 1 rings (SSSR count). The van der Waals surface area contributed by atoms with E-state index in [1.54, 1.807) is 0 Å². The minimum Gasteiger partial charge on any atom is -0.261 e. The third-order valence-electron chi connectivity index (χ3n) is 1.86. The van der Waals surface area contributed by atoms with Gasteiger partial charge in [0.25, 0.3) is 0 Å². The van der Waals surface area contributed by atoms with E-state index in [0.717, 1.165) is 12.1 Å². The number of nitrogens with zero attached hydrogens (tertiary/aromatic N) is 1. The van der Waals surface area contributed by atoms with Gasteiger partial charge in [-0.05, 0) is 18.6 Å². The summed E-state index contributed by atoms with van der Waals surface area (Å²) in [6.45, 7) is 2.18. The summed E-state index contributed by atoms with van der Waals surface area (Å²) in [6.07, 6.45) is 9.62. The Morgan fingerprint density at radius 3 is 2.64 bits per heavy atom. The van der Waals surface area contributed by atoms with E-state index in [0.29, 0.717) is 0 Å². The van der Waals surface area contributed by atoms with Crippen molar-refractivity contribution in [1.29, 1.82) is 0 Å². The Bertz CT molecular complexity index is 285. The number of hydrogen-bond donors (Lipinski definition) is 0. The Balaban J connectivity index is 2.28. The summed E-state index contributed by atoms with van der Waals surface area (Å²) in [7, 11) is 0. The van der Waals surface area contributed by atoms with Crippen LogP contribution in [-0.2, 0) is 0 Å². The highest BCUT2D eigenvalue weighted by Crippen LogP contribution is 2.08. The minimum absolute atomic E-state index is 0.925. The van der Waals surface area contributed by atoms with Crippen LogP contribution in [0, 0.1) is 0 Å². The predicted molar refractivity (Wildman–Crippen MR) is 63.3 cm³/mol. The molecule has 0 unspecified atom stereocenters. The molecule has 0 aliphatic rings. The maximum absolute atomic E-state index is 4.33. The van der Waals surface area contributed by atoms with Gasteiger partial charge in [-0.3, -0.25) is 4.99 Å².